The Balaban J connectivity index is 1.35. The van der Waals surface area contributed by atoms with Crippen LogP contribution in [0.4, 0.5) is 5.69 Å². The maximum absolute atomic E-state index is 12.9. The molecule has 0 saturated carbocycles. The van der Waals surface area contributed by atoms with Crippen LogP contribution in [0.3, 0.4) is 0 Å². The smallest absolute Gasteiger partial charge is 0.254 e. The molecule has 6 rings (SSSR count). The molecule has 0 spiro atoms. The van der Waals surface area contributed by atoms with Gasteiger partial charge in [0, 0.05) is 30.1 Å². The maximum atomic E-state index is 12.9. The summed E-state index contributed by atoms with van der Waals surface area (Å²) in [6.45, 7) is 2.44. The Bertz CT molecular complexity index is 1440. The van der Waals surface area contributed by atoms with Gasteiger partial charge in [-0.3, -0.25) is 9.80 Å². The zero-order chi connectivity index (χ0) is 24.5. The third-order valence-electron chi connectivity index (χ3n) is 6.90. The summed E-state index contributed by atoms with van der Waals surface area (Å²) in [5, 5.41) is 10.2. The molecule has 1 saturated heterocycles. The third-order valence-corrected chi connectivity index (χ3v) is 7.14. The van der Waals surface area contributed by atoms with Gasteiger partial charge in [-0.1, -0.05) is 60.1 Å². The average molecular weight is 496 g/mol. The first-order valence-electron chi connectivity index (χ1n) is 12.2. The number of anilines is 1. The lowest BCUT2D eigenvalue weighted by Crippen LogP contribution is -2.40. The van der Waals surface area contributed by atoms with Crippen molar-refractivity contribution in [3.8, 4) is 0 Å². The second kappa shape index (κ2) is 9.76. The highest BCUT2D eigenvalue weighted by molar-refractivity contribution is 6.31. The molecule has 0 aromatic heterocycles. The van der Waals surface area contributed by atoms with Crippen LogP contribution >= 0.6 is 11.6 Å². The Morgan fingerprint density at radius 2 is 1.64 bits per heavy atom. The number of hydrazone groups is 1. The molecule has 180 valence electrons. The van der Waals surface area contributed by atoms with E-state index >= 15 is 0 Å². The number of morpholine rings is 1. The van der Waals surface area contributed by atoms with Crippen LogP contribution in [0.1, 0.15) is 33.9 Å². The SMILES string of the molecule is O=C(c1ccc(N2N=C(c3cccc(Cl)c3)CC2c2ccc3ccccc3c2)cc1)N1CCOCC1. The minimum absolute atomic E-state index is 0.0318. The van der Waals surface area contributed by atoms with Crippen molar-refractivity contribution >= 4 is 39.7 Å². The number of halogens is 1. The molecular formula is C30H26ClN3O2. The second-order valence-corrected chi connectivity index (χ2v) is 9.62. The van der Waals surface area contributed by atoms with Crippen LogP contribution in [0, 0.1) is 0 Å². The monoisotopic (exact) mass is 495 g/mol. The number of amides is 1. The standard InChI is InChI=1S/C30H26ClN3O2/c31-26-7-3-6-24(19-26)28-20-29(25-9-8-21-4-1-2-5-23(21)18-25)34(32-28)27-12-10-22(11-13-27)30(35)33-14-16-36-17-15-33/h1-13,18-19,29H,14-17,20H2. The summed E-state index contributed by atoms with van der Waals surface area (Å²) in [5.41, 5.74) is 4.84. The van der Waals surface area contributed by atoms with E-state index in [-0.39, 0.29) is 11.9 Å². The van der Waals surface area contributed by atoms with Crippen molar-refractivity contribution in [2.24, 2.45) is 5.10 Å². The Morgan fingerprint density at radius 1 is 0.861 bits per heavy atom. The van der Waals surface area contributed by atoms with Crippen molar-refractivity contribution in [2.45, 2.75) is 12.5 Å². The van der Waals surface area contributed by atoms with E-state index in [0.717, 1.165) is 23.4 Å². The molecule has 1 unspecified atom stereocenters. The number of benzene rings is 4. The number of hydrogen-bond donors (Lipinski definition) is 0. The van der Waals surface area contributed by atoms with Crippen LogP contribution in [-0.4, -0.2) is 42.8 Å². The van der Waals surface area contributed by atoms with Gasteiger partial charge in [0.15, 0.2) is 0 Å². The van der Waals surface area contributed by atoms with Crippen LogP contribution in [0.15, 0.2) is 96.1 Å². The van der Waals surface area contributed by atoms with Crippen molar-refractivity contribution in [3.63, 3.8) is 0 Å². The predicted octanol–water partition coefficient (Wildman–Crippen LogP) is 6.32. The topological polar surface area (TPSA) is 45.1 Å². The number of hydrogen-bond acceptors (Lipinski definition) is 4. The maximum Gasteiger partial charge on any atom is 0.254 e. The second-order valence-electron chi connectivity index (χ2n) is 9.18. The lowest BCUT2D eigenvalue weighted by molar-refractivity contribution is 0.0303. The molecule has 1 amide bonds. The number of ether oxygens (including phenoxy) is 1. The van der Waals surface area contributed by atoms with Crippen LogP contribution in [0.2, 0.25) is 5.02 Å². The highest BCUT2D eigenvalue weighted by atomic mass is 35.5. The fourth-order valence-corrected chi connectivity index (χ4v) is 5.16. The first kappa shape index (κ1) is 22.8. The zero-order valence-electron chi connectivity index (χ0n) is 19.8. The molecule has 0 radical (unpaired) electrons. The molecule has 2 aliphatic heterocycles. The molecule has 2 heterocycles. The minimum atomic E-state index is 0.0318. The molecule has 0 aliphatic carbocycles. The Kier molecular flexibility index (Phi) is 6.18. The Hall–Kier alpha value is -3.67. The molecule has 4 aromatic rings. The quantitative estimate of drug-likeness (QED) is 0.332. The van der Waals surface area contributed by atoms with Crippen molar-refractivity contribution in [2.75, 3.05) is 31.3 Å². The summed E-state index contributed by atoms with van der Waals surface area (Å²) in [4.78, 5) is 14.8. The molecule has 0 N–H and O–H groups in total. The van der Waals surface area contributed by atoms with Crippen LogP contribution in [0.25, 0.3) is 10.8 Å². The van der Waals surface area contributed by atoms with Gasteiger partial charge in [-0.05, 0) is 64.4 Å². The lowest BCUT2D eigenvalue weighted by Gasteiger charge is -2.27. The van der Waals surface area contributed by atoms with E-state index in [0.29, 0.717) is 36.9 Å². The summed E-state index contributed by atoms with van der Waals surface area (Å²) in [5.74, 6) is 0.0421. The van der Waals surface area contributed by atoms with Crippen molar-refractivity contribution in [3.05, 3.63) is 113 Å². The van der Waals surface area contributed by atoms with Crippen molar-refractivity contribution < 1.29 is 9.53 Å². The molecule has 6 heteroatoms. The van der Waals surface area contributed by atoms with Crippen LogP contribution in [-0.2, 0) is 4.74 Å². The number of rotatable bonds is 4. The number of carbonyl (C=O) groups excluding carboxylic acids is 1. The van der Waals surface area contributed by atoms with E-state index in [9.17, 15) is 4.79 Å². The van der Waals surface area contributed by atoms with Gasteiger partial charge in [-0.15, -0.1) is 0 Å². The van der Waals surface area contributed by atoms with Gasteiger partial charge in [-0.25, -0.2) is 0 Å². The fourth-order valence-electron chi connectivity index (χ4n) is 4.97. The summed E-state index contributed by atoms with van der Waals surface area (Å²) in [7, 11) is 0. The number of carbonyl (C=O) groups is 1. The molecule has 5 nitrogen and oxygen atoms in total. The van der Waals surface area contributed by atoms with Crippen molar-refractivity contribution in [1.82, 2.24) is 4.90 Å². The molecule has 36 heavy (non-hydrogen) atoms. The Labute approximate surface area is 215 Å². The molecule has 2 aliphatic rings. The van der Waals surface area contributed by atoms with Gasteiger partial charge in [0.25, 0.3) is 5.91 Å². The van der Waals surface area contributed by atoms with Gasteiger partial charge in [0.05, 0.1) is 30.7 Å². The minimum Gasteiger partial charge on any atom is -0.378 e. The highest BCUT2D eigenvalue weighted by Gasteiger charge is 2.30. The van der Waals surface area contributed by atoms with Gasteiger partial charge >= 0.3 is 0 Å². The van der Waals surface area contributed by atoms with E-state index in [4.69, 9.17) is 21.4 Å². The van der Waals surface area contributed by atoms with E-state index in [1.54, 1.807) is 0 Å². The number of fused-ring (bicyclic) bond motifs is 1. The van der Waals surface area contributed by atoms with Crippen LogP contribution < -0.4 is 5.01 Å². The van der Waals surface area contributed by atoms with Crippen molar-refractivity contribution in [1.29, 1.82) is 0 Å². The molecule has 4 aromatic carbocycles. The summed E-state index contributed by atoms with van der Waals surface area (Å²) < 4.78 is 5.38. The molecule has 1 atom stereocenters. The van der Waals surface area contributed by atoms with Gasteiger partial charge < -0.3 is 9.64 Å². The summed E-state index contributed by atoms with van der Waals surface area (Å²) in [6, 6.07) is 30.7. The van der Waals surface area contributed by atoms with Gasteiger partial charge in [0.1, 0.15) is 0 Å². The van der Waals surface area contributed by atoms with E-state index in [1.807, 2.05) is 47.4 Å². The lowest BCUT2D eigenvalue weighted by atomic mass is 9.96. The predicted molar refractivity (Wildman–Crippen MR) is 145 cm³/mol. The fraction of sp³-hybridized carbons (Fsp3) is 0.200. The van der Waals surface area contributed by atoms with Crippen LogP contribution in [0.5, 0.6) is 0 Å². The van der Waals surface area contributed by atoms with Gasteiger partial charge in [-0.2, -0.15) is 5.10 Å². The first-order valence-corrected chi connectivity index (χ1v) is 12.6. The normalized spacial score (nSPS) is 17.9. The summed E-state index contributed by atoms with van der Waals surface area (Å²) in [6.07, 6.45) is 0.757. The highest BCUT2D eigenvalue weighted by Crippen LogP contribution is 2.38. The molecule has 0 bridgehead atoms. The summed E-state index contributed by atoms with van der Waals surface area (Å²) >= 11 is 6.29. The number of nitrogens with zero attached hydrogens (tertiary/aromatic N) is 3. The third kappa shape index (κ3) is 4.48. The molecular weight excluding hydrogens is 470 g/mol. The largest absolute Gasteiger partial charge is 0.378 e. The van der Waals surface area contributed by atoms with Gasteiger partial charge in [0.2, 0.25) is 0 Å². The van der Waals surface area contributed by atoms with E-state index in [1.165, 1.54) is 16.3 Å². The zero-order valence-corrected chi connectivity index (χ0v) is 20.6. The first-order chi connectivity index (χ1) is 17.7. The van der Waals surface area contributed by atoms with E-state index < -0.39 is 0 Å². The average Bonchev–Trinajstić information content (AvgIpc) is 3.39. The van der Waals surface area contributed by atoms with E-state index in [2.05, 4.69) is 53.5 Å². The Morgan fingerprint density at radius 3 is 2.42 bits per heavy atom. The molecule has 1 fully saturated rings.